The molecular formula is C7H2ClF5Zn. The van der Waals surface area contributed by atoms with Crippen molar-refractivity contribution in [2.45, 2.75) is 6.18 Å². The molecule has 0 radical (unpaired) electrons. The van der Waals surface area contributed by atoms with E-state index in [1.807, 2.05) is 0 Å². The van der Waals surface area contributed by atoms with Crippen LogP contribution in [0.4, 0.5) is 22.0 Å². The quantitative estimate of drug-likeness (QED) is 0.388. The van der Waals surface area contributed by atoms with Gasteiger partial charge in [-0.2, -0.15) is 19.2 Å². The first kappa shape index (κ1) is 13.8. The molecule has 1 aromatic carbocycles. The van der Waals surface area contributed by atoms with E-state index in [1.54, 1.807) is 6.07 Å². The van der Waals surface area contributed by atoms with E-state index in [2.05, 4.69) is 0 Å². The maximum atomic E-state index is 12.4. The first-order valence-corrected chi connectivity index (χ1v) is 7.02. The first-order valence-electron chi connectivity index (χ1n) is 3.12. The molecule has 0 N–H and O–H groups in total. The number of alkyl halides is 3. The molecule has 14 heavy (non-hydrogen) atoms. The van der Waals surface area contributed by atoms with Gasteiger partial charge >= 0.3 is 33.2 Å². The summed E-state index contributed by atoms with van der Waals surface area (Å²) in [6.07, 6.45) is -4.80. The fourth-order valence-electron chi connectivity index (χ4n) is 0.658. The fourth-order valence-corrected chi connectivity index (χ4v) is 0.658. The zero-order chi connectivity index (χ0) is 11.4. The zero-order valence-electron chi connectivity index (χ0n) is 6.63. The average molecular weight is 282 g/mol. The third kappa shape index (κ3) is 3.88. The summed E-state index contributed by atoms with van der Waals surface area (Å²) >= 11 is 0.847. The molecule has 0 aliphatic heterocycles. The van der Waals surface area contributed by atoms with Gasteiger partial charge in [0.25, 0.3) is 0 Å². The summed E-state index contributed by atoms with van der Waals surface area (Å²) in [5, 5.41) is 0. The molecule has 0 aliphatic rings. The Labute approximate surface area is 90.8 Å². The van der Waals surface area contributed by atoms with Gasteiger partial charge in [-0.3, -0.25) is 0 Å². The van der Waals surface area contributed by atoms with E-state index in [0.29, 0.717) is 0 Å². The van der Waals surface area contributed by atoms with Crippen LogP contribution < -0.4 is 0 Å². The summed E-state index contributed by atoms with van der Waals surface area (Å²) in [4.78, 5) is 0. The minimum atomic E-state index is -4.80. The molecule has 0 aromatic heterocycles. The zero-order valence-corrected chi connectivity index (χ0v) is 10.4. The van der Waals surface area contributed by atoms with Gasteiger partial charge in [0.1, 0.15) is 0 Å². The number of rotatable bonds is 0. The Hall–Kier alpha value is -0.217. The Kier molecular flexibility index (Phi) is 5.53. The second-order valence-corrected chi connectivity index (χ2v) is 2.04. The summed E-state index contributed by atoms with van der Waals surface area (Å²) in [7, 11) is 4.76. The van der Waals surface area contributed by atoms with Crippen LogP contribution in [0.2, 0.25) is 0 Å². The molecule has 1 aromatic rings. The van der Waals surface area contributed by atoms with E-state index < -0.39 is 23.4 Å². The summed E-state index contributed by atoms with van der Waals surface area (Å²) in [5.74, 6) is -2.78. The van der Waals surface area contributed by atoms with Crippen LogP contribution in [0, 0.1) is 17.7 Å². The fraction of sp³-hybridized carbons (Fsp3) is 0.143. The molecule has 7 heteroatoms. The molecule has 0 amide bonds. The van der Waals surface area contributed by atoms with Crippen LogP contribution in [0.25, 0.3) is 0 Å². The number of halogens is 6. The van der Waals surface area contributed by atoms with Crippen LogP contribution in [0.15, 0.2) is 12.1 Å². The summed E-state index contributed by atoms with van der Waals surface area (Å²) in [6, 6.07) is 2.00. The van der Waals surface area contributed by atoms with Crippen LogP contribution in [-0.2, 0) is 23.5 Å². The molecule has 0 atom stereocenters. The molecule has 0 bridgehead atoms. The Bertz CT molecular complexity index is 299. The van der Waals surface area contributed by atoms with Crippen molar-refractivity contribution in [1.29, 1.82) is 0 Å². The van der Waals surface area contributed by atoms with Crippen molar-refractivity contribution >= 4 is 9.69 Å². The second-order valence-electron chi connectivity index (χ2n) is 2.04. The van der Waals surface area contributed by atoms with Crippen LogP contribution in [0.5, 0.6) is 0 Å². The standard InChI is InChI=1S/C7H2F5.ClH.Zn/c8-4-1-2-5(6(9)3-4)7(10,11)12;;/h2-3H;1H;/q-1;;+2/p-1. The van der Waals surface area contributed by atoms with Crippen molar-refractivity contribution in [2.75, 3.05) is 0 Å². The monoisotopic (exact) mass is 280 g/mol. The first-order chi connectivity index (χ1) is 6.41. The van der Waals surface area contributed by atoms with Gasteiger partial charge in [-0.05, 0) is 5.56 Å². The Balaban J connectivity index is 0.000000791. The molecule has 0 saturated carbocycles. The molecule has 0 nitrogen and oxygen atoms in total. The van der Waals surface area contributed by atoms with Crippen molar-refractivity contribution in [1.82, 2.24) is 0 Å². The Morgan fingerprint density at radius 3 is 2.07 bits per heavy atom. The van der Waals surface area contributed by atoms with E-state index in [1.165, 1.54) is 0 Å². The molecule has 0 fully saturated rings. The van der Waals surface area contributed by atoms with Crippen molar-refractivity contribution in [2.24, 2.45) is 0 Å². The van der Waals surface area contributed by atoms with Gasteiger partial charge in [0.05, 0.1) is 0 Å². The average Bonchev–Trinajstić information content (AvgIpc) is 2.05. The van der Waals surface area contributed by atoms with Crippen LogP contribution in [0.3, 0.4) is 0 Å². The molecule has 0 aliphatic carbocycles. The predicted molar refractivity (Wildman–Crippen MR) is 36.0 cm³/mol. The third-order valence-electron chi connectivity index (χ3n) is 1.17. The third-order valence-corrected chi connectivity index (χ3v) is 1.17. The molecule has 1 rings (SSSR count). The second kappa shape index (κ2) is 5.61. The minimum absolute atomic E-state index is 0.142. The van der Waals surface area contributed by atoms with Gasteiger partial charge in [0.2, 0.25) is 0 Å². The molecule has 0 unspecified atom stereocenters. The SMILES string of the molecule is Fc1[c-]cc(C(F)(F)F)c(F)c1.[Cl][Zn+]. The van der Waals surface area contributed by atoms with E-state index in [0.717, 1.165) is 17.3 Å². The summed E-state index contributed by atoms with van der Waals surface area (Å²) in [5.41, 5.74) is -1.51. The summed E-state index contributed by atoms with van der Waals surface area (Å²) < 4.78 is 59.8. The predicted octanol–water partition coefficient (Wildman–Crippen LogP) is 3.47. The molecule has 74 valence electrons. The maximum absolute atomic E-state index is 12.4. The van der Waals surface area contributed by atoms with Crippen molar-refractivity contribution < 1.29 is 39.3 Å². The Morgan fingerprint density at radius 2 is 1.71 bits per heavy atom. The van der Waals surface area contributed by atoms with Crippen LogP contribution >= 0.6 is 9.69 Å². The molecule has 0 heterocycles. The van der Waals surface area contributed by atoms with E-state index in [-0.39, 0.29) is 12.1 Å². The van der Waals surface area contributed by atoms with Gasteiger partial charge in [-0.15, -0.1) is 6.07 Å². The van der Waals surface area contributed by atoms with E-state index in [9.17, 15) is 22.0 Å². The van der Waals surface area contributed by atoms with E-state index in [4.69, 9.17) is 9.69 Å². The van der Waals surface area contributed by atoms with Crippen LogP contribution in [0.1, 0.15) is 5.56 Å². The summed E-state index contributed by atoms with van der Waals surface area (Å²) in [6.45, 7) is 0. The topological polar surface area (TPSA) is 0 Å². The van der Waals surface area contributed by atoms with Gasteiger partial charge < -0.3 is 0 Å². The number of benzene rings is 1. The normalized spacial score (nSPS) is 10.6. The molecular weight excluding hydrogens is 280 g/mol. The van der Waals surface area contributed by atoms with Gasteiger partial charge in [-0.25, -0.2) is 8.78 Å². The van der Waals surface area contributed by atoms with Gasteiger partial charge in [-0.1, -0.05) is 6.07 Å². The van der Waals surface area contributed by atoms with E-state index >= 15 is 0 Å². The molecule has 0 spiro atoms. The van der Waals surface area contributed by atoms with Crippen molar-refractivity contribution in [3.8, 4) is 0 Å². The van der Waals surface area contributed by atoms with Gasteiger partial charge in [0.15, 0.2) is 0 Å². The number of hydrogen-bond acceptors (Lipinski definition) is 0. The van der Waals surface area contributed by atoms with Crippen molar-refractivity contribution in [3.63, 3.8) is 0 Å². The molecule has 0 saturated heterocycles. The van der Waals surface area contributed by atoms with Gasteiger partial charge in [0, 0.05) is 11.6 Å². The van der Waals surface area contributed by atoms with Crippen molar-refractivity contribution in [3.05, 3.63) is 35.4 Å². The Morgan fingerprint density at radius 1 is 1.21 bits per heavy atom. The van der Waals surface area contributed by atoms with Crippen LogP contribution in [-0.4, -0.2) is 0 Å². The number of hydrogen-bond donors (Lipinski definition) is 0.